The summed E-state index contributed by atoms with van der Waals surface area (Å²) < 4.78 is 13.8. The molecule has 2 saturated heterocycles. The Balaban J connectivity index is 2.04. The number of rotatable bonds is 2. The molecule has 2 heterocycles. The molecule has 1 aromatic carbocycles. The standard InChI is InChI=1S/C12H13BrFN3O2/c13-8-3-11(17(18)19)10(4-9(8)14)16-2-1-7-5-15-6-12(7)16/h3-4,7,12,15H,1-2,5-6H2/t7-,12+/m0/s1. The third-order valence-corrected chi connectivity index (χ3v) is 4.58. The maximum Gasteiger partial charge on any atom is 0.293 e. The first kappa shape index (κ1) is 12.8. The molecule has 0 bridgehead atoms. The highest BCUT2D eigenvalue weighted by atomic mass is 79.9. The van der Waals surface area contributed by atoms with Crippen molar-refractivity contribution in [2.75, 3.05) is 24.5 Å². The van der Waals surface area contributed by atoms with E-state index in [4.69, 9.17) is 0 Å². The van der Waals surface area contributed by atoms with Gasteiger partial charge in [-0.2, -0.15) is 0 Å². The molecule has 3 rings (SSSR count). The second-order valence-corrected chi connectivity index (χ2v) is 5.83. The fourth-order valence-electron chi connectivity index (χ4n) is 3.05. The van der Waals surface area contributed by atoms with E-state index in [-0.39, 0.29) is 16.2 Å². The van der Waals surface area contributed by atoms with E-state index in [2.05, 4.69) is 21.2 Å². The van der Waals surface area contributed by atoms with Crippen LogP contribution < -0.4 is 10.2 Å². The van der Waals surface area contributed by atoms with Gasteiger partial charge in [-0.05, 0) is 28.3 Å². The lowest BCUT2D eigenvalue weighted by atomic mass is 10.0. The Labute approximate surface area is 118 Å². The molecule has 102 valence electrons. The van der Waals surface area contributed by atoms with Gasteiger partial charge in [-0.1, -0.05) is 0 Å². The lowest BCUT2D eigenvalue weighted by Gasteiger charge is -2.25. The Kier molecular flexibility index (Phi) is 3.18. The van der Waals surface area contributed by atoms with Crippen molar-refractivity contribution < 1.29 is 9.31 Å². The summed E-state index contributed by atoms with van der Waals surface area (Å²) in [6, 6.07) is 2.75. The Hall–Kier alpha value is -1.21. The van der Waals surface area contributed by atoms with Crippen LogP contribution in [0.4, 0.5) is 15.8 Å². The second kappa shape index (κ2) is 4.72. The third-order valence-electron chi connectivity index (χ3n) is 3.97. The largest absolute Gasteiger partial charge is 0.361 e. The number of fused-ring (bicyclic) bond motifs is 1. The van der Waals surface area contributed by atoms with E-state index in [1.807, 2.05) is 4.90 Å². The number of nitro benzene ring substituents is 1. The van der Waals surface area contributed by atoms with E-state index in [9.17, 15) is 14.5 Å². The average Bonchev–Trinajstić information content (AvgIpc) is 2.94. The van der Waals surface area contributed by atoms with Gasteiger partial charge in [0.1, 0.15) is 11.5 Å². The van der Waals surface area contributed by atoms with Crippen LogP contribution in [0.15, 0.2) is 16.6 Å². The monoisotopic (exact) mass is 329 g/mol. The first-order valence-electron chi connectivity index (χ1n) is 6.18. The summed E-state index contributed by atoms with van der Waals surface area (Å²) in [5.41, 5.74) is 0.350. The number of anilines is 1. The van der Waals surface area contributed by atoms with Crippen LogP contribution in [-0.2, 0) is 0 Å². The zero-order valence-electron chi connectivity index (χ0n) is 10.1. The predicted octanol–water partition coefficient (Wildman–Crippen LogP) is 2.29. The minimum Gasteiger partial charge on any atom is -0.361 e. The number of nitrogens with zero attached hydrogens (tertiary/aromatic N) is 2. The topological polar surface area (TPSA) is 58.4 Å². The fraction of sp³-hybridized carbons (Fsp3) is 0.500. The number of hydrogen-bond acceptors (Lipinski definition) is 4. The minimum atomic E-state index is -0.463. The van der Waals surface area contributed by atoms with Gasteiger partial charge in [0, 0.05) is 37.8 Å². The van der Waals surface area contributed by atoms with Crippen LogP contribution in [-0.4, -0.2) is 30.6 Å². The molecule has 0 aromatic heterocycles. The van der Waals surface area contributed by atoms with Crippen LogP contribution >= 0.6 is 15.9 Å². The van der Waals surface area contributed by atoms with E-state index in [0.717, 1.165) is 26.1 Å². The Morgan fingerprint density at radius 2 is 2.26 bits per heavy atom. The molecule has 0 amide bonds. The van der Waals surface area contributed by atoms with Crippen molar-refractivity contribution in [3.63, 3.8) is 0 Å². The van der Waals surface area contributed by atoms with Crippen molar-refractivity contribution in [2.24, 2.45) is 5.92 Å². The number of nitro groups is 1. The van der Waals surface area contributed by atoms with Gasteiger partial charge in [-0.25, -0.2) is 4.39 Å². The Bertz CT molecular complexity index is 540. The summed E-state index contributed by atoms with van der Waals surface area (Å²) in [6.45, 7) is 2.49. The first-order chi connectivity index (χ1) is 9.08. The van der Waals surface area contributed by atoms with Gasteiger partial charge in [-0.15, -0.1) is 0 Å². The highest BCUT2D eigenvalue weighted by Crippen LogP contribution is 2.39. The van der Waals surface area contributed by atoms with Crippen molar-refractivity contribution in [3.8, 4) is 0 Å². The molecule has 19 heavy (non-hydrogen) atoms. The second-order valence-electron chi connectivity index (χ2n) is 4.98. The van der Waals surface area contributed by atoms with Gasteiger partial charge in [0.15, 0.2) is 0 Å². The third kappa shape index (κ3) is 2.10. The quantitative estimate of drug-likeness (QED) is 0.668. The van der Waals surface area contributed by atoms with Crippen LogP contribution in [0.25, 0.3) is 0 Å². The van der Waals surface area contributed by atoms with Crippen LogP contribution in [0.2, 0.25) is 0 Å². The molecule has 0 unspecified atom stereocenters. The van der Waals surface area contributed by atoms with E-state index in [1.54, 1.807) is 0 Å². The zero-order chi connectivity index (χ0) is 13.6. The summed E-state index contributed by atoms with van der Waals surface area (Å²) >= 11 is 3.00. The maximum absolute atomic E-state index is 13.7. The highest BCUT2D eigenvalue weighted by molar-refractivity contribution is 9.10. The van der Waals surface area contributed by atoms with Crippen molar-refractivity contribution in [1.29, 1.82) is 0 Å². The lowest BCUT2D eigenvalue weighted by Crippen LogP contribution is -2.34. The van der Waals surface area contributed by atoms with Crippen LogP contribution in [0.5, 0.6) is 0 Å². The summed E-state index contributed by atoms with van der Waals surface area (Å²) in [4.78, 5) is 12.7. The number of nitrogens with one attached hydrogen (secondary N) is 1. The molecule has 5 nitrogen and oxygen atoms in total. The van der Waals surface area contributed by atoms with Crippen LogP contribution in [0.1, 0.15) is 6.42 Å². The van der Waals surface area contributed by atoms with Gasteiger partial charge in [-0.3, -0.25) is 10.1 Å². The molecule has 0 saturated carbocycles. The first-order valence-corrected chi connectivity index (χ1v) is 6.98. The maximum atomic E-state index is 13.7. The molecular weight excluding hydrogens is 317 g/mol. The summed E-state index contributed by atoms with van der Waals surface area (Å²) in [6.07, 6.45) is 0.993. The highest BCUT2D eigenvalue weighted by Gasteiger charge is 2.40. The van der Waals surface area contributed by atoms with Gasteiger partial charge in [0.2, 0.25) is 0 Å². The molecule has 1 aromatic rings. The predicted molar refractivity (Wildman–Crippen MR) is 72.9 cm³/mol. The fourth-order valence-corrected chi connectivity index (χ4v) is 3.38. The van der Waals surface area contributed by atoms with Gasteiger partial charge < -0.3 is 10.2 Å². The number of benzene rings is 1. The molecule has 2 aliphatic heterocycles. The molecular formula is C12H13BrFN3O2. The van der Waals surface area contributed by atoms with E-state index in [0.29, 0.717) is 11.6 Å². The molecule has 0 aliphatic carbocycles. The van der Waals surface area contributed by atoms with Crippen molar-refractivity contribution in [3.05, 3.63) is 32.5 Å². The molecule has 0 spiro atoms. The smallest absolute Gasteiger partial charge is 0.293 e. The van der Waals surface area contributed by atoms with E-state index < -0.39 is 10.7 Å². The Morgan fingerprint density at radius 3 is 3.00 bits per heavy atom. The van der Waals surface area contributed by atoms with Crippen molar-refractivity contribution in [1.82, 2.24) is 5.32 Å². The normalized spacial score (nSPS) is 25.7. The molecule has 0 radical (unpaired) electrons. The summed E-state index contributed by atoms with van der Waals surface area (Å²) in [5.74, 6) is 0.0429. The molecule has 2 atom stereocenters. The molecule has 2 aliphatic rings. The molecule has 2 fully saturated rings. The van der Waals surface area contributed by atoms with E-state index in [1.165, 1.54) is 12.1 Å². The van der Waals surface area contributed by atoms with Gasteiger partial charge in [0.05, 0.1) is 9.40 Å². The van der Waals surface area contributed by atoms with Gasteiger partial charge >= 0.3 is 0 Å². The minimum absolute atomic E-state index is 0.0409. The van der Waals surface area contributed by atoms with E-state index >= 15 is 0 Å². The Morgan fingerprint density at radius 1 is 1.47 bits per heavy atom. The molecule has 1 N–H and O–H groups in total. The van der Waals surface area contributed by atoms with Crippen LogP contribution in [0.3, 0.4) is 0 Å². The summed E-state index contributed by atoms with van der Waals surface area (Å²) in [7, 11) is 0. The number of hydrogen-bond donors (Lipinski definition) is 1. The SMILES string of the molecule is O=[N+]([O-])c1cc(Br)c(F)cc1N1CC[C@H]2CNC[C@H]21. The lowest BCUT2D eigenvalue weighted by molar-refractivity contribution is -0.384. The van der Waals surface area contributed by atoms with Crippen molar-refractivity contribution in [2.45, 2.75) is 12.5 Å². The zero-order valence-corrected chi connectivity index (χ0v) is 11.7. The van der Waals surface area contributed by atoms with Gasteiger partial charge in [0.25, 0.3) is 5.69 Å². The molecule has 7 heteroatoms. The summed E-state index contributed by atoms with van der Waals surface area (Å²) in [5, 5.41) is 14.4. The van der Waals surface area contributed by atoms with Crippen LogP contribution in [0, 0.1) is 21.8 Å². The average molecular weight is 330 g/mol. The number of halogens is 2. The van der Waals surface area contributed by atoms with Crippen molar-refractivity contribution >= 4 is 27.3 Å².